The lowest BCUT2D eigenvalue weighted by atomic mass is 9.85. The van der Waals surface area contributed by atoms with Gasteiger partial charge in [0.1, 0.15) is 6.10 Å². The van der Waals surface area contributed by atoms with E-state index < -0.39 is 0 Å². The Morgan fingerprint density at radius 3 is 2.52 bits per heavy atom. The van der Waals surface area contributed by atoms with Crippen molar-refractivity contribution in [3.63, 3.8) is 0 Å². The van der Waals surface area contributed by atoms with Gasteiger partial charge >= 0.3 is 5.97 Å². The van der Waals surface area contributed by atoms with E-state index in [-0.39, 0.29) is 24.3 Å². The highest BCUT2D eigenvalue weighted by Crippen LogP contribution is 2.46. The molecule has 25 heavy (non-hydrogen) atoms. The highest BCUT2D eigenvalue weighted by Gasteiger charge is 2.50. The van der Waals surface area contributed by atoms with E-state index in [2.05, 4.69) is 43.2 Å². The van der Waals surface area contributed by atoms with E-state index in [0.717, 1.165) is 32.1 Å². The molecule has 0 bridgehead atoms. The minimum absolute atomic E-state index is 0.0488. The van der Waals surface area contributed by atoms with Crippen LogP contribution in [-0.2, 0) is 31.4 Å². The van der Waals surface area contributed by atoms with Gasteiger partial charge in [-0.25, -0.2) is 0 Å². The fourth-order valence-electron chi connectivity index (χ4n) is 5.14. The molecule has 6 heteroatoms. The van der Waals surface area contributed by atoms with Crippen LogP contribution in [0.1, 0.15) is 36.8 Å². The second-order valence-corrected chi connectivity index (χ2v) is 8.20. The van der Waals surface area contributed by atoms with Gasteiger partial charge in [0.2, 0.25) is 0 Å². The number of carbonyl (C=O) groups is 1. The van der Waals surface area contributed by atoms with Crippen molar-refractivity contribution >= 4 is 24.9 Å². The molecule has 1 saturated heterocycles. The van der Waals surface area contributed by atoms with E-state index in [1.165, 1.54) is 11.1 Å². The van der Waals surface area contributed by atoms with Gasteiger partial charge in [-0.1, -0.05) is 24.3 Å². The summed E-state index contributed by atoms with van der Waals surface area (Å²) < 4.78 is 16.9. The number of fused-ring (bicyclic) bond motifs is 2. The predicted octanol–water partition coefficient (Wildman–Crippen LogP) is 3.48. The number of benzene rings is 1. The minimum atomic E-state index is -0.0488. The Balaban J connectivity index is 1.38. The van der Waals surface area contributed by atoms with Crippen LogP contribution in [0.5, 0.6) is 0 Å². The van der Waals surface area contributed by atoms with Crippen molar-refractivity contribution in [2.75, 3.05) is 0 Å². The van der Waals surface area contributed by atoms with E-state index in [4.69, 9.17) is 13.8 Å². The smallest absolute Gasteiger partial charge is 0.306 e. The van der Waals surface area contributed by atoms with Crippen molar-refractivity contribution in [2.24, 2.45) is 17.8 Å². The zero-order valence-electron chi connectivity index (χ0n) is 14.3. The Kier molecular flexibility index (Phi) is 5.43. The van der Waals surface area contributed by atoms with E-state index >= 15 is 0 Å². The normalized spacial score (nSPS) is 32.5. The monoisotopic (exact) mass is 380 g/mol. The van der Waals surface area contributed by atoms with Crippen molar-refractivity contribution in [3.8, 4) is 0 Å². The summed E-state index contributed by atoms with van der Waals surface area (Å²) in [4.78, 5) is 11.6. The molecule has 0 radical (unpaired) electrons. The Morgan fingerprint density at radius 1 is 1.16 bits per heavy atom. The summed E-state index contributed by atoms with van der Waals surface area (Å²) in [6.07, 6.45) is 6.01. The first kappa shape index (κ1) is 17.9. The average molecular weight is 380 g/mol. The quantitative estimate of drug-likeness (QED) is 0.560. The summed E-state index contributed by atoms with van der Waals surface area (Å²) in [5.41, 5.74) is 2.92. The molecule has 1 aromatic carbocycles. The predicted molar refractivity (Wildman–Crippen MR) is 102 cm³/mol. The summed E-state index contributed by atoms with van der Waals surface area (Å²) in [5, 5.41) is 0. The van der Waals surface area contributed by atoms with Gasteiger partial charge in [0.15, 0.2) is 0 Å². The molecule has 2 aliphatic carbocycles. The topological polar surface area (TPSA) is 44.8 Å². The number of carbonyl (C=O) groups excluding carboxylic acids is 1. The molecule has 3 aliphatic rings. The first-order valence-electron chi connectivity index (χ1n) is 9.17. The SMILES string of the molecule is O=C1C[C@H]2C(CC(OP)[C@@H]2CCC(OP)C2Cc3ccccc3C2)O1. The van der Waals surface area contributed by atoms with Crippen LogP contribution >= 0.6 is 18.9 Å². The average Bonchev–Trinajstić information content (AvgIpc) is 3.27. The first-order chi connectivity index (χ1) is 12.2. The molecule has 0 aromatic heterocycles. The van der Waals surface area contributed by atoms with Crippen LogP contribution in [-0.4, -0.2) is 24.3 Å². The molecule has 0 N–H and O–H groups in total. The zero-order valence-corrected chi connectivity index (χ0v) is 16.6. The Labute approximate surface area is 153 Å². The summed E-state index contributed by atoms with van der Waals surface area (Å²) >= 11 is 0. The first-order valence-corrected chi connectivity index (χ1v) is 10.1. The molecule has 4 nitrogen and oxygen atoms in total. The van der Waals surface area contributed by atoms with Crippen molar-refractivity contribution in [1.82, 2.24) is 0 Å². The molecule has 1 heterocycles. The molecule has 136 valence electrons. The molecule has 1 aromatic rings. The van der Waals surface area contributed by atoms with Crippen LogP contribution in [0.3, 0.4) is 0 Å². The van der Waals surface area contributed by atoms with Crippen molar-refractivity contribution < 1.29 is 18.6 Å². The summed E-state index contributed by atoms with van der Waals surface area (Å²) in [6, 6.07) is 8.70. The number of hydrogen-bond acceptors (Lipinski definition) is 4. The van der Waals surface area contributed by atoms with Gasteiger partial charge in [0.25, 0.3) is 0 Å². The van der Waals surface area contributed by atoms with Gasteiger partial charge in [0, 0.05) is 31.3 Å². The lowest BCUT2D eigenvalue weighted by Gasteiger charge is -2.26. The molecule has 0 spiro atoms. The maximum absolute atomic E-state index is 11.6. The molecule has 5 unspecified atom stereocenters. The zero-order chi connectivity index (χ0) is 17.4. The van der Waals surface area contributed by atoms with Gasteiger partial charge in [0.05, 0.1) is 18.6 Å². The van der Waals surface area contributed by atoms with E-state index in [1.807, 2.05) is 0 Å². The Morgan fingerprint density at radius 2 is 1.88 bits per heavy atom. The molecule has 2 fully saturated rings. The molecule has 0 amide bonds. The van der Waals surface area contributed by atoms with Crippen LogP contribution < -0.4 is 0 Å². The van der Waals surface area contributed by atoms with Gasteiger partial charge < -0.3 is 13.8 Å². The number of rotatable bonds is 6. The summed E-state index contributed by atoms with van der Waals surface area (Å²) in [5.74, 6) is 1.17. The number of ether oxygens (including phenoxy) is 1. The third kappa shape index (κ3) is 3.52. The summed E-state index contributed by atoms with van der Waals surface area (Å²) in [7, 11) is 4.86. The second kappa shape index (κ2) is 7.61. The van der Waals surface area contributed by atoms with Crippen LogP contribution in [0, 0.1) is 17.8 Å². The second-order valence-electron chi connectivity index (χ2n) is 7.66. The Bertz CT molecular complexity index is 613. The maximum atomic E-state index is 11.6. The molecule has 1 saturated carbocycles. The minimum Gasteiger partial charge on any atom is -0.462 e. The van der Waals surface area contributed by atoms with Crippen LogP contribution in [0.25, 0.3) is 0 Å². The molecule has 4 rings (SSSR count). The molecular formula is C19H26O4P2. The van der Waals surface area contributed by atoms with Gasteiger partial charge in [-0.15, -0.1) is 0 Å². The molecule has 1 aliphatic heterocycles. The van der Waals surface area contributed by atoms with Crippen molar-refractivity contribution in [1.29, 1.82) is 0 Å². The van der Waals surface area contributed by atoms with E-state index in [1.54, 1.807) is 0 Å². The van der Waals surface area contributed by atoms with Gasteiger partial charge in [-0.2, -0.15) is 0 Å². The number of esters is 1. The van der Waals surface area contributed by atoms with E-state index in [9.17, 15) is 4.79 Å². The third-order valence-electron chi connectivity index (χ3n) is 6.40. The van der Waals surface area contributed by atoms with Crippen LogP contribution in [0.4, 0.5) is 0 Å². The standard InChI is InChI=1S/C19H26O4P2/c20-19-9-15-14(18(23-25)10-17(15)21-19)5-6-16(22-24)13-7-11-3-1-2-4-12(11)8-13/h1-4,13-18H,5-10,24-25H2/t14-,15-,16?,17?,18?/m1/s1. The molecule has 7 atom stereocenters. The fraction of sp³-hybridized carbons (Fsp3) is 0.632. The summed E-state index contributed by atoms with van der Waals surface area (Å²) in [6.45, 7) is 0. The van der Waals surface area contributed by atoms with Gasteiger partial charge in [-0.3, -0.25) is 4.79 Å². The number of hydrogen-bond donors (Lipinski definition) is 0. The fourth-order valence-corrected chi connectivity index (χ4v) is 5.81. The maximum Gasteiger partial charge on any atom is 0.306 e. The Hall–Kier alpha value is -0.530. The highest BCUT2D eigenvalue weighted by molar-refractivity contribution is 7.10. The van der Waals surface area contributed by atoms with Crippen LogP contribution in [0.15, 0.2) is 24.3 Å². The van der Waals surface area contributed by atoms with Crippen molar-refractivity contribution in [3.05, 3.63) is 35.4 Å². The van der Waals surface area contributed by atoms with Gasteiger partial charge in [-0.05, 0) is 48.6 Å². The third-order valence-corrected chi connectivity index (χ3v) is 7.10. The van der Waals surface area contributed by atoms with Crippen molar-refractivity contribution in [2.45, 2.75) is 56.8 Å². The lowest BCUT2D eigenvalue weighted by Crippen LogP contribution is -2.26. The largest absolute Gasteiger partial charge is 0.462 e. The van der Waals surface area contributed by atoms with Crippen LogP contribution in [0.2, 0.25) is 0 Å². The lowest BCUT2D eigenvalue weighted by molar-refractivity contribution is -0.141. The molecular weight excluding hydrogens is 354 g/mol. The highest BCUT2D eigenvalue weighted by atomic mass is 31.0. The van der Waals surface area contributed by atoms with E-state index in [0.29, 0.717) is 24.2 Å².